The predicted octanol–water partition coefficient (Wildman–Crippen LogP) is 4.11. The van der Waals surface area contributed by atoms with Gasteiger partial charge in [0, 0.05) is 6.42 Å². The molecule has 3 nitrogen and oxygen atoms in total. The van der Waals surface area contributed by atoms with Gasteiger partial charge >= 0.3 is 5.97 Å². The van der Waals surface area contributed by atoms with Crippen LogP contribution >= 0.6 is 0 Å². The number of benzene rings is 2. The quantitative estimate of drug-likeness (QED) is 0.889. The van der Waals surface area contributed by atoms with Crippen molar-refractivity contribution in [2.24, 2.45) is 0 Å². The summed E-state index contributed by atoms with van der Waals surface area (Å²) >= 11 is 0. The summed E-state index contributed by atoms with van der Waals surface area (Å²) in [5.41, 5.74) is 3.08. The number of carbonyl (C=O) groups is 1. The van der Waals surface area contributed by atoms with Crippen LogP contribution in [0.15, 0.2) is 42.5 Å². The molecule has 20 heavy (non-hydrogen) atoms. The minimum atomic E-state index is -0.773. The minimum absolute atomic E-state index is 0.151. The second-order valence-corrected chi connectivity index (χ2v) is 4.87. The monoisotopic (exact) mass is 270 g/mol. The van der Waals surface area contributed by atoms with Gasteiger partial charge in [-0.25, -0.2) is 0 Å². The van der Waals surface area contributed by atoms with Crippen molar-refractivity contribution < 1.29 is 14.6 Å². The molecular formula is C17H18O3. The lowest BCUT2D eigenvalue weighted by atomic mass is 10.0. The summed E-state index contributed by atoms with van der Waals surface area (Å²) < 4.78 is 5.90. The van der Waals surface area contributed by atoms with Crippen LogP contribution in [0, 0.1) is 13.8 Å². The van der Waals surface area contributed by atoms with E-state index in [2.05, 4.69) is 0 Å². The third-order valence-corrected chi connectivity index (χ3v) is 3.11. The number of aryl methyl sites for hydroxylation is 3. The topological polar surface area (TPSA) is 46.5 Å². The first-order chi connectivity index (χ1) is 9.56. The molecule has 0 heterocycles. The first kappa shape index (κ1) is 14.1. The molecule has 0 fully saturated rings. The Morgan fingerprint density at radius 1 is 1.10 bits per heavy atom. The Labute approximate surface area is 118 Å². The highest BCUT2D eigenvalue weighted by atomic mass is 16.5. The van der Waals surface area contributed by atoms with Crippen LogP contribution in [0.1, 0.15) is 23.1 Å². The molecule has 0 aliphatic rings. The third-order valence-electron chi connectivity index (χ3n) is 3.11. The van der Waals surface area contributed by atoms with E-state index in [-0.39, 0.29) is 6.42 Å². The van der Waals surface area contributed by atoms with Crippen LogP contribution in [0.3, 0.4) is 0 Å². The van der Waals surface area contributed by atoms with Gasteiger partial charge in [0.2, 0.25) is 0 Å². The lowest BCUT2D eigenvalue weighted by Gasteiger charge is -2.13. The van der Waals surface area contributed by atoms with Crippen molar-refractivity contribution in [3.63, 3.8) is 0 Å². The second-order valence-electron chi connectivity index (χ2n) is 4.87. The molecule has 0 bridgehead atoms. The summed E-state index contributed by atoms with van der Waals surface area (Å²) in [6.07, 6.45) is 0.695. The molecule has 0 aliphatic carbocycles. The normalized spacial score (nSPS) is 10.3. The lowest BCUT2D eigenvalue weighted by Crippen LogP contribution is -1.99. The molecular weight excluding hydrogens is 252 g/mol. The molecule has 0 unspecified atom stereocenters. The molecule has 0 saturated carbocycles. The van der Waals surface area contributed by atoms with E-state index < -0.39 is 5.97 Å². The molecule has 104 valence electrons. The Morgan fingerprint density at radius 2 is 1.70 bits per heavy atom. The average molecular weight is 270 g/mol. The van der Waals surface area contributed by atoms with Gasteiger partial charge in [-0.1, -0.05) is 30.3 Å². The molecule has 0 amide bonds. The zero-order valence-electron chi connectivity index (χ0n) is 11.7. The van der Waals surface area contributed by atoms with E-state index in [9.17, 15) is 4.79 Å². The van der Waals surface area contributed by atoms with Gasteiger partial charge in [0.05, 0.1) is 0 Å². The Morgan fingerprint density at radius 3 is 2.25 bits per heavy atom. The summed E-state index contributed by atoms with van der Waals surface area (Å²) in [7, 11) is 0. The number of hydrogen-bond donors (Lipinski definition) is 1. The molecule has 0 spiro atoms. The standard InChI is InChI=1S/C17H18O3/c1-12-10-14(8-9-16(18)19)11-13(2)17(12)20-15-6-4-3-5-7-15/h3-7,10-11H,8-9H2,1-2H3,(H,18,19). The fourth-order valence-electron chi connectivity index (χ4n) is 2.20. The highest BCUT2D eigenvalue weighted by Gasteiger charge is 2.08. The van der Waals surface area contributed by atoms with Crippen LogP contribution in [-0.4, -0.2) is 11.1 Å². The third kappa shape index (κ3) is 3.60. The Hall–Kier alpha value is -2.29. The molecule has 1 N–H and O–H groups in total. The van der Waals surface area contributed by atoms with Gasteiger partial charge < -0.3 is 9.84 Å². The summed E-state index contributed by atoms with van der Waals surface area (Å²) in [5.74, 6) is 0.872. The number of aliphatic carboxylic acids is 1. The van der Waals surface area contributed by atoms with Gasteiger partial charge in [-0.15, -0.1) is 0 Å². The van der Waals surface area contributed by atoms with E-state index in [4.69, 9.17) is 9.84 Å². The molecule has 2 aromatic rings. The van der Waals surface area contributed by atoms with Gasteiger partial charge in [0.25, 0.3) is 0 Å². The highest BCUT2D eigenvalue weighted by molar-refractivity contribution is 5.67. The van der Waals surface area contributed by atoms with E-state index in [1.165, 1.54) is 0 Å². The maximum atomic E-state index is 10.6. The molecule has 3 heteroatoms. The maximum absolute atomic E-state index is 10.6. The van der Waals surface area contributed by atoms with E-state index in [1.54, 1.807) is 0 Å². The van der Waals surface area contributed by atoms with Gasteiger partial charge in [0.1, 0.15) is 11.5 Å². The summed E-state index contributed by atoms with van der Waals surface area (Å²) in [5, 5.41) is 8.74. The van der Waals surface area contributed by atoms with Crippen molar-refractivity contribution in [1.82, 2.24) is 0 Å². The van der Waals surface area contributed by atoms with E-state index in [0.717, 1.165) is 28.2 Å². The Kier molecular flexibility index (Phi) is 4.41. The van der Waals surface area contributed by atoms with Crippen LogP contribution in [0.2, 0.25) is 0 Å². The largest absolute Gasteiger partial charge is 0.481 e. The van der Waals surface area contributed by atoms with E-state index in [0.29, 0.717) is 6.42 Å². The fourth-order valence-corrected chi connectivity index (χ4v) is 2.20. The van der Waals surface area contributed by atoms with Crippen molar-refractivity contribution in [1.29, 1.82) is 0 Å². The smallest absolute Gasteiger partial charge is 0.303 e. The molecule has 0 aromatic heterocycles. The summed E-state index contributed by atoms with van der Waals surface area (Å²) in [6.45, 7) is 3.96. The van der Waals surface area contributed by atoms with Crippen molar-refractivity contribution >= 4 is 5.97 Å². The van der Waals surface area contributed by atoms with Crippen molar-refractivity contribution in [2.75, 3.05) is 0 Å². The van der Waals surface area contributed by atoms with Gasteiger partial charge in [-0.3, -0.25) is 4.79 Å². The molecule has 0 aliphatic heterocycles. The lowest BCUT2D eigenvalue weighted by molar-refractivity contribution is -0.136. The molecule has 0 atom stereocenters. The number of hydrogen-bond acceptors (Lipinski definition) is 2. The van der Waals surface area contributed by atoms with Crippen molar-refractivity contribution in [3.8, 4) is 11.5 Å². The summed E-state index contributed by atoms with van der Waals surface area (Å²) in [4.78, 5) is 10.6. The average Bonchev–Trinajstić information content (AvgIpc) is 2.42. The first-order valence-electron chi connectivity index (χ1n) is 6.61. The van der Waals surface area contributed by atoms with Crippen molar-refractivity contribution in [2.45, 2.75) is 26.7 Å². The van der Waals surface area contributed by atoms with Crippen LogP contribution in [-0.2, 0) is 11.2 Å². The molecule has 2 rings (SSSR count). The van der Waals surface area contributed by atoms with Crippen LogP contribution in [0.5, 0.6) is 11.5 Å². The van der Waals surface area contributed by atoms with E-state index >= 15 is 0 Å². The van der Waals surface area contributed by atoms with Gasteiger partial charge in [-0.05, 0) is 49.1 Å². The zero-order chi connectivity index (χ0) is 14.5. The van der Waals surface area contributed by atoms with Crippen molar-refractivity contribution in [3.05, 3.63) is 59.2 Å². The van der Waals surface area contributed by atoms with Crippen LogP contribution < -0.4 is 4.74 Å². The van der Waals surface area contributed by atoms with Gasteiger partial charge in [0.15, 0.2) is 0 Å². The number of carboxylic acid groups (broad SMARTS) is 1. The number of para-hydroxylation sites is 1. The first-order valence-corrected chi connectivity index (χ1v) is 6.61. The second kappa shape index (κ2) is 6.24. The van der Waals surface area contributed by atoms with Crippen LogP contribution in [0.25, 0.3) is 0 Å². The number of ether oxygens (including phenoxy) is 1. The highest BCUT2D eigenvalue weighted by Crippen LogP contribution is 2.30. The SMILES string of the molecule is Cc1cc(CCC(=O)O)cc(C)c1Oc1ccccc1. The number of rotatable bonds is 5. The maximum Gasteiger partial charge on any atom is 0.303 e. The Bertz CT molecular complexity index is 580. The van der Waals surface area contributed by atoms with Crippen LogP contribution in [0.4, 0.5) is 0 Å². The number of carboxylic acids is 1. The Balaban J connectivity index is 2.20. The minimum Gasteiger partial charge on any atom is -0.481 e. The molecule has 2 aromatic carbocycles. The van der Waals surface area contributed by atoms with Gasteiger partial charge in [-0.2, -0.15) is 0 Å². The molecule has 0 saturated heterocycles. The molecule has 0 radical (unpaired) electrons. The predicted molar refractivity (Wildman–Crippen MR) is 78.4 cm³/mol. The van der Waals surface area contributed by atoms with E-state index in [1.807, 2.05) is 56.3 Å². The zero-order valence-corrected chi connectivity index (χ0v) is 11.7. The fraction of sp³-hybridized carbons (Fsp3) is 0.235. The summed E-state index contributed by atoms with van der Waals surface area (Å²) in [6, 6.07) is 13.6.